The highest BCUT2D eigenvalue weighted by Gasteiger charge is 2.03. The van der Waals surface area contributed by atoms with Gasteiger partial charge in [0.1, 0.15) is 5.58 Å². The smallest absolute Gasteiger partial charge is 0.338 e. The van der Waals surface area contributed by atoms with Crippen molar-refractivity contribution >= 4 is 16.7 Å². The molecule has 3 heteroatoms. The van der Waals surface area contributed by atoms with E-state index in [2.05, 4.69) is 12.2 Å². The van der Waals surface area contributed by atoms with Crippen molar-refractivity contribution in [1.82, 2.24) is 0 Å². The summed E-state index contributed by atoms with van der Waals surface area (Å²) in [5.41, 5.74) is 1.17. The Bertz CT molecular complexity index is 516. The summed E-state index contributed by atoms with van der Waals surface area (Å²) in [6.45, 7) is 2.94. The maximum atomic E-state index is 11.3. The minimum atomic E-state index is -0.313. The first-order valence-corrected chi connectivity index (χ1v) is 5.08. The van der Waals surface area contributed by atoms with E-state index in [1.54, 1.807) is 6.07 Å². The van der Waals surface area contributed by atoms with Gasteiger partial charge >= 0.3 is 5.63 Å². The highest BCUT2D eigenvalue weighted by molar-refractivity contribution is 5.89. The first kappa shape index (κ1) is 9.77. The topological polar surface area (TPSA) is 42.2 Å². The number of fused-ring (bicyclic) bond motifs is 1. The Kier molecular flexibility index (Phi) is 2.72. The number of para-hydroxylation sites is 1. The fourth-order valence-electron chi connectivity index (χ4n) is 1.52. The second kappa shape index (κ2) is 4.17. The van der Waals surface area contributed by atoms with Crippen molar-refractivity contribution in [3.63, 3.8) is 0 Å². The van der Waals surface area contributed by atoms with Crippen molar-refractivity contribution in [3.05, 3.63) is 40.8 Å². The van der Waals surface area contributed by atoms with Gasteiger partial charge in [-0.1, -0.05) is 19.1 Å². The predicted octanol–water partition coefficient (Wildman–Crippen LogP) is 2.61. The molecule has 0 bridgehead atoms. The molecular weight excluding hydrogens is 190 g/mol. The van der Waals surface area contributed by atoms with Crippen LogP contribution in [0.15, 0.2) is 39.5 Å². The predicted molar refractivity (Wildman–Crippen MR) is 61.3 cm³/mol. The minimum absolute atomic E-state index is 0.313. The molecule has 0 aliphatic heterocycles. The number of rotatable bonds is 3. The lowest BCUT2D eigenvalue weighted by Gasteiger charge is -2.06. The first-order valence-electron chi connectivity index (χ1n) is 5.08. The Balaban J connectivity index is 2.55. The average Bonchev–Trinajstić information content (AvgIpc) is 2.25. The Morgan fingerprint density at radius 2 is 2.13 bits per heavy atom. The van der Waals surface area contributed by atoms with Crippen LogP contribution in [-0.2, 0) is 0 Å². The zero-order valence-corrected chi connectivity index (χ0v) is 8.62. The summed E-state index contributed by atoms with van der Waals surface area (Å²) >= 11 is 0. The third-order valence-electron chi connectivity index (χ3n) is 2.22. The molecule has 0 spiro atoms. The van der Waals surface area contributed by atoms with Gasteiger partial charge in [-0.05, 0) is 18.6 Å². The summed E-state index contributed by atoms with van der Waals surface area (Å²) in [4.78, 5) is 11.3. The molecule has 78 valence electrons. The van der Waals surface area contributed by atoms with Gasteiger partial charge in [0, 0.05) is 18.0 Å². The summed E-state index contributed by atoms with van der Waals surface area (Å²) in [5, 5.41) is 4.17. The molecule has 0 unspecified atom stereocenters. The number of nitrogens with one attached hydrogen (secondary N) is 1. The van der Waals surface area contributed by atoms with E-state index in [4.69, 9.17) is 4.42 Å². The maximum Gasteiger partial charge on any atom is 0.338 e. The lowest BCUT2D eigenvalue weighted by atomic mass is 10.2. The molecule has 2 rings (SSSR count). The van der Waals surface area contributed by atoms with Crippen LogP contribution in [0.2, 0.25) is 0 Å². The highest BCUT2D eigenvalue weighted by Crippen LogP contribution is 2.20. The molecule has 0 aliphatic rings. The van der Waals surface area contributed by atoms with E-state index in [0.29, 0.717) is 5.58 Å². The Morgan fingerprint density at radius 3 is 2.93 bits per heavy atom. The van der Waals surface area contributed by atoms with E-state index in [1.807, 2.05) is 18.2 Å². The van der Waals surface area contributed by atoms with Gasteiger partial charge < -0.3 is 9.73 Å². The molecule has 1 heterocycles. The molecule has 1 aromatic heterocycles. The molecule has 0 amide bonds. The molecule has 0 saturated heterocycles. The second-order valence-electron chi connectivity index (χ2n) is 3.40. The average molecular weight is 203 g/mol. The number of benzene rings is 1. The van der Waals surface area contributed by atoms with E-state index >= 15 is 0 Å². The third kappa shape index (κ3) is 2.01. The lowest BCUT2D eigenvalue weighted by molar-refractivity contribution is 0.561. The first-order chi connectivity index (χ1) is 7.31. The zero-order valence-electron chi connectivity index (χ0n) is 8.62. The molecule has 2 aromatic rings. The summed E-state index contributed by atoms with van der Waals surface area (Å²) < 4.78 is 5.09. The molecule has 15 heavy (non-hydrogen) atoms. The lowest BCUT2D eigenvalue weighted by Crippen LogP contribution is -2.05. The highest BCUT2D eigenvalue weighted by atomic mass is 16.4. The van der Waals surface area contributed by atoms with Crippen molar-refractivity contribution in [2.24, 2.45) is 0 Å². The summed E-state index contributed by atoms with van der Waals surface area (Å²) in [5.74, 6) is 0. The summed E-state index contributed by atoms with van der Waals surface area (Å²) in [6, 6.07) is 9.02. The Morgan fingerprint density at radius 1 is 1.33 bits per heavy atom. The summed E-state index contributed by atoms with van der Waals surface area (Å²) in [7, 11) is 0. The van der Waals surface area contributed by atoms with Crippen molar-refractivity contribution in [2.75, 3.05) is 11.9 Å². The normalized spacial score (nSPS) is 10.5. The molecule has 1 N–H and O–H groups in total. The van der Waals surface area contributed by atoms with Crippen LogP contribution in [0.4, 0.5) is 5.69 Å². The van der Waals surface area contributed by atoms with Gasteiger partial charge in [0.25, 0.3) is 0 Å². The van der Waals surface area contributed by atoms with E-state index in [-0.39, 0.29) is 5.63 Å². The van der Waals surface area contributed by atoms with E-state index < -0.39 is 0 Å². The molecule has 0 saturated carbocycles. The van der Waals surface area contributed by atoms with Crippen LogP contribution >= 0.6 is 0 Å². The SMILES string of the molecule is CCCNc1cc(=O)oc2ccccc12. The molecule has 0 radical (unpaired) electrons. The Labute approximate surface area is 87.7 Å². The van der Waals surface area contributed by atoms with Crippen molar-refractivity contribution in [2.45, 2.75) is 13.3 Å². The monoisotopic (exact) mass is 203 g/mol. The second-order valence-corrected chi connectivity index (χ2v) is 3.40. The van der Waals surface area contributed by atoms with Gasteiger partial charge in [0.05, 0.1) is 5.69 Å². The van der Waals surface area contributed by atoms with Crippen LogP contribution in [0.5, 0.6) is 0 Å². The van der Waals surface area contributed by atoms with Gasteiger partial charge in [-0.25, -0.2) is 4.79 Å². The van der Waals surface area contributed by atoms with Crippen LogP contribution in [-0.4, -0.2) is 6.54 Å². The quantitative estimate of drug-likeness (QED) is 0.780. The van der Waals surface area contributed by atoms with Crippen LogP contribution in [0.3, 0.4) is 0 Å². The van der Waals surface area contributed by atoms with E-state index in [0.717, 1.165) is 24.0 Å². The van der Waals surface area contributed by atoms with E-state index in [9.17, 15) is 4.79 Å². The molecule has 1 aromatic carbocycles. The van der Waals surface area contributed by atoms with Gasteiger partial charge in [0.2, 0.25) is 0 Å². The molecule has 0 fully saturated rings. The van der Waals surface area contributed by atoms with Crippen molar-refractivity contribution in [1.29, 1.82) is 0 Å². The fraction of sp³-hybridized carbons (Fsp3) is 0.250. The van der Waals surface area contributed by atoms with Crippen LogP contribution in [0.25, 0.3) is 11.0 Å². The molecule has 0 aliphatic carbocycles. The van der Waals surface area contributed by atoms with Crippen molar-refractivity contribution in [3.8, 4) is 0 Å². The number of hydrogen-bond acceptors (Lipinski definition) is 3. The van der Waals surface area contributed by atoms with Crippen molar-refractivity contribution < 1.29 is 4.42 Å². The summed E-state index contributed by atoms with van der Waals surface area (Å²) in [6.07, 6.45) is 1.02. The van der Waals surface area contributed by atoms with Gasteiger partial charge in [-0.15, -0.1) is 0 Å². The fourth-order valence-corrected chi connectivity index (χ4v) is 1.52. The largest absolute Gasteiger partial charge is 0.423 e. The number of anilines is 1. The molecule has 3 nitrogen and oxygen atoms in total. The molecule has 0 atom stereocenters. The van der Waals surface area contributed by atoms with Gasteiger partial charge in [-0.3, -0.25) is 0 Å². The van der Waals surface area contributed by atoms with Crippen LogP contribution in [0.1, 0.15) is 13.3 Å². The zero-order chi connectivity index (χ0) is 10.7. The van der Waals surface area contributed by atoms with Gasteiger partial charge in [-0.2, -0.15) is 0 Å². The maximum absolute atomic E-state index is 11.3. The third-order valence-corrected chi connectivity index (χ3v) is 2.22. The standard InChI is InChI=1S/C12H13NO2/c1-2-7-13-10-8-12(14)15-11-6-4-3-5-9(10)11/h3-6,8,13H,2,7H2,1H3. The van der Waals surface area contributed by atoms with Gasteiger partial charge in [0.15, 0.2) is 0 Å². The molecular formula is C12H13NO2. The Hall–Kier alpha value is -1.77. The minimum Gasteiger partial charge on any atom is -0.423 e. The van der Waals surface area contributed by atoms with Crippen LogP contribution in [0, 0.1) is 0 Å². The van der Waals surface area contributed by atoms with E-state index in [1.165, 1.54) is 6.07 Å². The van der Waals surface area contributed by atoms with Crippen LogP contribution < -0.4 is 10.9 Å². The number of hydrogen-bond donors (Lipinski definition) is 1.